The lowest BCUT2D eigenvalue weighted by Gasteiger charge is -2.23. The summed E-state index contributed by atoms with van der Waals surface area (Å²) in [6.45, 7) is -0.00744. The molecule has 0 radical (unpaired) electrons. The van der Waals surface area contributed by atoms with Gasteiger partial charge < -0.3 is 19.1 Å². The molecule has 0 saturated heterocycles. The third kappa shape index (κ3) is 5.17. The minimum atomic E-state index is -0.614. The van der Waals surface area contributed by atoms with Crippen molar-refractivity contribution in [1.29, 1.82) is 0 Å². The average Bonchev–Trinajstić information content (AvgIpc) is 2.81. The molecule has 0 aromatic heterocycles. The van der Waals surface area contributed by atoms with Gasteiger partial charge in [-0.1, -0.05) is 48.5 Å². The van der Waals surface area contributed by atoms with E-state index in [0.717, 1.165) is 11.3 Å². The van der Waals surface area contributed by atoms with Gasteiger partial charge in [0.1, 0.15) is 0 Å². The molecule has 0 N–H and O–H groups in total. The quantitative estimate of drug-likeness (QED) is 0.528. The number of para-hydroxylation sites is 1. The molecular weight excluding hydrogens is 382 g/mol. The van der Waals surface area contributed by atoms with Crippen molar-refractivity contribution in [2.24, 2.45) is 0 Å². The highest BCUT2D eigenvalue weighted by Crippen LogP contribution is 2.27. The van der Waals surface area contributed by atoms with Crippen molar-refractivity contribution in [3.8, 4) is 11.5 Å². The number of carbonyl (C=O) groups excluding carboxylic acids is 2. The molecule has 154 valence electrons. The summed E-state index contributed by atoms with van der Waals surface area (Å²) >= 11 is 0. The van der Waals surface area contributed by atoms with Crippen LogP contribution in [0.1, 0.15) is 15.9 Å². The number of hydrogen-bond acceptors (Lipinski definition) is 5. The third-order valence-electron chi connectivity index (χ3n) is 4.50. The normalized spacial score (nSPS) is 10.2. The summed E-state index contributed by atoms with van der Waals surface area (Å²) in [5.41, 5.74) is 1.98. The Hall–Kier alpha value is -3.80. The Morgan fingerprint density at radius 1 is 0.800 bits per heavy atom. The fourth-order valence-corrected chi connectivity index (χ4v) is 2.95. The SMILES string of the molecule is COc1ccc(C(=O)OCC(=O)N(Cc2ccccc2)c2ccccc2)cc1OC. The molecule has 0 unspecified atom stereocenters. The van der Waals surface area contributed by atoms with Crippen molar-refractivity contribution in [2.75, 3.05) is 25.7 Å². The Bertz CT molecular complexity index is 989. The van der Waals surface area contributed by atoms with Crippen molar-refractivity contribution in [2.45, 2.75) is 6.54 Å². The number of carbonyl (C=O) groups is 2. The van der Waals surface area contributed by atoms with E-state index < -0.39 is 5.97 Å². The zero-order valence-electron chi connectivity index (χ0n) is 16.9. The molecule has 0 fully saturated rings. The highest BCUT2D eigenvalue weighted by atomic mass is 16.5. The van der Waals surface area contributed by atoms with E-state index in [0.29, 0.717) is 18.0 Å². The molecule has 0 spiro atoms. The lowest BCUT2D eigenvalue weighted by atomic mass is 10.2. The summed E-state index contributed by atoms with van der Waals surface area (Å²) in [5.74, 6) is -0.0209. The second-order valence-corrected chi connectivity index (χ2v) is 6.45. The minimum absolute atomic E-state index is 0.273. The molecule has 0 bridgehead atoms. The van der Waals surface area contributed by atoms with Gasteiger partial charge in [0, 0.05) is 5.69 Å². The summed E-state index contributed by atoms with van der Waals surface area (Å²) in [6, 6.07) is 23.6. The second-order valence-electron chi connectivity index (χ2n) is 6.45. The van der Waals surface area contributed by atoms with Crippen LogP contribution in [0.25, 0.3) is 0 Å². The van der Waals surface area contributed by atoms with E-state index >= 15 is 0 Å². The molecule has 1 amide bonds. The Balaban J connectivity index is 1.72. The van der Waals surface area contributed by atoms with Crippen molar-refractivity contribution >= 4 is 17.6 Å². The van der Waals surface area contributed by atoms with Gasteiger partial charge in [-0.2, -0.15) is 0 Å². The smallest absolute Gasteiger partial charge is 0.338 e. The molecule has 0 heterocycles. The van der Waals surface area contributed by atoms with Gasteiger partial charge in [-0.3, -0.25) is 4.79 Å². The highest BCUT2D eigenvalue weighted by molar-refractivity contribution is 5.97. The molecule has 3 aromatic carbocycles. The van der Waals surface area contributed by atoms with Crippen molar-refractivity contribution in [3.05, 3.63) is 90.0 Å². The number of esters is 1. The standard InChI is InChI=1S/C24H23NO5/c1-28-21-14-13-19(15-22(21)29-2)24(27)30-17-23(26)25(20-11-7-4-8-12-20)16-18-9-5-3-6-10-18/h3-15H,16-17H2,1-2H3. The third-order valence-corrected chi connectivity index (χ3v) is 4.50. The van der Waals surface area contributed by atoms with Gasteiger partial charge in [-0.05, 0) is 35.9 Å². The lowest BCUT2D eigenvalue weighted by molar-refractivity contribution is -0.121. The van der Waals surface area contributed by atoms with Crippen LogP contribution in [-0.2, 0) is 16.1 Å². The van der Waals surface area contributed by atoms with Crippen LogP contribution in [-0.4, -0.2) is 32.7 Å². The average molecular weight is 405 g/mol. The molecule has 30 heavy (non-hydrogen) atoms. The second kappa shape index (κ2) is 10.1. The van der Waals surface area contributed by atoms with Crippen LogP contribution in [0.5, 0.6) is 11.5 Å². The molecule has 0 aliphatic heterocycles. The van der Waals surface area contributed by atoms with E-state index in [1.807, 2.05) is 60.7 Å². The van der Waals surface area contributed by atoms with E-state index in [4.69, 9.17) is 14.2 Å². The Morgan fingerprint density at radius 2 is 1.43 bits per heavy atom. The van der Waals surface area contributed by atoms with Crippen LogP contribution in [0.2, 0.25) is 0 Å². The lowest BCUT2D eigenvalue weighted by Crippen LogP contribution is -2.34. The van der Waals surface area contributed by atoms with E-state index in [-0.39, 0.29) is 18.1 Å². The van der Waals surface area contributed by atoms with Crippen molar-refractivity contribution in [1.82, 2.24) is 0 Å². The first-order valence-electron chi connectivity index (χ1n) is 9.41. The minimum Gasteiger partial charge on any atom is -0.493 e. The van der Waals surface area contributed by atoms with Crippen LogP contribution in [0, 0.1) is 0 Å². The molecule has 6 heteroatoms. The van der Waals surface area contributed by atoms with E-state index in [1.165, 1.54) is 20.3 Å². The fourth-order valence-electron chi connectivity index (χ4n) is 2.95. The molecule has 3 aromatic rings. The number of benzene rings is 3. The number of methoxy groups -OCH3 is 2. The van der Waals surface area contributed by atoms with Gasteiger partial charge in [0.05, 0.1) is 26.3 Å². The topological polar surface area (TPSA) is 65.1 Å². The molecule has 6 nitrogen and oxygen atoms in total. The number of nitrogens with zero attached hydrogens (tertiary/aromatic N) is 1. The van der Waals surface area contributed by atoms with Crippen LogP contribution < -0.4 is 14.4 Å². The first kappa shape index (κ1) is 20.9. The predicted molar refractivity (Wildman–Crippen MR) is 114 cm³/mol. The van der Waals surface area contributed by atoms with Crippen molar-refractivity contribution < 1.29 is 23.8 Å². The van der Waals surface area contributed by atoms with E-state index in [9.17, 15) is 9.59 Å². The number of amides is 1. The largest absolute Gasteiger partial charge is 0.493 e. The maximum Gasteiger partial charge on any atom is 0.338 e. The van der Waals surface area contributed by atoms with Crippen LogP contribution in [0.4, 0.5) is 5.69 Å². The van der Waals surface area contributed by atoms with E-state index in [1.54, 1.807) is 17.0 Å². The molecule has 0 atom stereocenters. The number of anilines is 1. The molecule has 0 aliphatic carbocycles. The number of rotatable bonds is 8. The first-order chi connectivity index (χ1) is 14.6. The first-order valence-corrected chi connectivity index (χ1v) is 9.41. The summed E-state index contributed by atoms with van der Waals surface area (Å²) in [6.07, 6.45) is 0. The van der Waals surface area contributed by atoms with Crippen LogP contribution in [0.15, 0.2) is 78.9 Å². The van der Waals surface area contributed by atoms with Gasteiger partial charge in [-0.25, -0.2) is 4.79 Å². The van der Waals surface area contributed by atoms with Gasteiger partial charge >= 0.3 is 5.97 Å². The number of hydrogen-bond donors (Lipinski definition) is 0. The summed E-state index contributed by atoms with van der Waals surface area (Å²) in [5, 5.41) is 0. The summed E-state index contributed by atoms with van der Waals surface area (Å²) < 4.78 is 15.7. The fraction of sp³-hybridized carbons (Fsp3) is 0.167. The van der Waals surface area contributed by atoms with Gasteiger partial charge in [0.2, 0.25) is 0 Å². The maximum atomic E-state index is 12.9. The molecule has 0 saturated carbocycles. The van der Waals surface area contributed by atoms with E-state index in [2.05, 4.69) is 0 Å². The van der Waals surface area contributed by atoms with Gasteiger partial charge in [0.25, 0.3) is 5.91 Å². The van der Waals surface area contributed by atoms with Gasteiger partial charge in [-0.15, -0.1) is 0 Å². The number of ether oxygens (including phenoxy) is 3. The Labute approximate surface area is 175 Å². The van der Waals surface area contributed by atoms with Crippen LogP contribution in [0.3, 0.4) is 0 Å². The molecule has 3 rings (SSSR count). The van der Waals surface area contributed by atoms with Crippen LogP contribution >= 0.6 is 0 Å². The summed E-state index contributed by atoms with van der Waals surface area (Å²) in [7, 11) is 3.00. The molecular formula is C24H23NO5. The predicted octanol–water partition coefficient (Wildman–Crippen LogP) is 4.09. The maximum absolute atomic E-state index is 12.9. The monoisotopic (exact) mass is 405 g/mol. The summed E-state index contributed by atoms with van der Waals surface area (Å²) in [4.78, 5) is 27.0. The highest BCUT2D eigenvalue weighted by Gasteiger charge is 2.19. The van der Waals surface area contributed by atoms with Crippen molar-refractivity contribution in [3.63, 3.8) is 0 Å². The Kier molecular flexibility index (Phi) is 7.05. The zero-order valence-corrected chi connectivity index (χ0v) is 16.9. The zero-order chi connectivity index (χ0) is 21.3. The molecule has 0 aliphatic rings. The Morgan fingerprint density at radius 3 is 2.07 bits per heavy atom. The van der Waals surface area contributed by atoms with Gasteiger partial charge in [0.15, 0.2) is 18.1 Å².